The van der Waals surface area contributed by atoms with E-state index in [1.54, 1.807) is 6.92 Å². The molecule has 3 nitrogen and oxygen atoms in total. The molecule has 0 N–H and O–H groups in total. The van der Waals surface area contributed by atoms with Gasteiger partial charge in [-0.15, -0.1) is 0 Å². The van der Waals surface area contributed by atoms with E-state index in [0.29, 0.717) is 17.9 Å². The molecule has 0 unspecified atom stereocenters. The zero-order chi connectivity index (χ0) is 14.1. The lowest BCUT2D eigenvalue weighted by Gasteiger charge is -2.10. The van der Waals surface area contributed by atoms with Gasteiger partial charge in [0.2, 0.25) is 0 Å². The highest BCUT2D eigenvalue weighted by Crippen LogP contribution is 2.18. The third-order valence-electron chi connectivity index (χ3n) is 3.02. The average Bonchev–Trinajstić information content (AvgIpc) is 2.37. The summed E-state index contributed by atoms with van der Waals surface area (Å²) in [6.45, 7) is 3.41. The van der Waals surface area contributed by atoms with E-state index in [4.69, 9.17) is 4.74 Å². The van der Waals surface area contributed by atoms with Crippen LogP contribution in [0.15, 0.2) is 24.3 Å². The molecule has 0 fully saturated rings. The van der Waals surface area contributed by atoms with Crippen LogP contribution in [0.25, 0.3) is 0 Å². The van der Waals surface area contributed by atoms with Crippen LogP contribution in [0.1, 0.15) is 43.0 Å². The van der Waals surface area contributed by atoms with Gasteiger partial charge in [-0.3, -0.25) is 4.79 Å². The lowest BCUT2D eigenvalue weighted by Crippen LogP contribution is -2.12. The van der Waals surface area contributed by atoms with Crippen LogP contribution in [0.2, 0.25) is 0 Å². The van der Waals surface area contributed by atoms with E-state index in [1.807, 2.05) is 24.3 Å². The van der Waals surface area contributed by atoms with Crippen molar-refractivity contribution in [2.45, 2.75) is 32.6 Å². The summed E-state index contributed by atoms with van der Waals surface area (Å²) in [6.07, 6.45) is 4.68. The molecule has 0 aliphatic carbocycles. The minimum absolute atomic E-state index is 0.0570. The average molecular weight is 263 g/mol. The third-order valence-corrected chi connectivity index (χ3v) is 3.02. The van der Waals surface area contributed by atoms with E-state index in [-0.39, 0.29) is 5.78 Å². The van der Waals surface area contributed by atoms with Gasteiger partial charge < -0.3 is 9.64 Å². The number of hydrogen-bond acceptors (Lipinski definition) is 3. The van der Waals surface area contributed by atoms with Crippen molar-refractivity contribution in [2.75, 3.05) is 27.2 Å². The van der Waals surface area contributed by atoms with Gasteiger partial charge in [-0.2, -0.15) is 0 Å². The standard InChI is InChI=1S/C16H25NO2/c1-14(18)15-10-6-7-11-16(15)19-13-9-5-4-8-12-17(2)3/h6-7,10-11H,4-5,8-9,12-13H2,1-3H3. The van der Waals surface area contributed by atoms with Crippen LogP contribution in [-0.4, -0.2) is 37.9 Å². The summed E-state index contributed by atoms with van der Waals surface area (Å²) >= 11 is 0. The normalized spacial score (nSPS) is 10.7. The highest BCUT2D eigenvalue weighted by Gasteiger charge is 2.06. The molecule has 0 aliphatic heterocycles. The summed E-state index contributed by atoms with van der Waals surface area (Å²) < 4.78 is 5.69. The van der Waals surface area contributed by atoms with Gasteiger partial charge in [0.05, 0.1) is 12.2 Å². The Kier molecular flexibility index (Phi) is 7.19. The van der Waals surface area contributed by atoms with Gasteiger partial charge >= 0.3 is 0 Å². The van der Waals surface area contributed by atoms with E-state index >= 15 is 0 Å². The van der Waals surface area contributed by atoms with E-state index in [2.05, 4.69) is 19.0 Å². The molecule has 0 atom stereocenters. The Labute approximate surface area is 116 Å². The molecule has 1 aromatic carbocycles. The van der Waals surface area contributed by atoms with Gasteiger partial charge in [0.15, 0.2) is 5.78 Å². The summed E-state index contributed by atoms with van der Waals surface area (Å²) in [5.41, 5.74) is 0.676. The van der Waals surface area contributed by atoms with Crippen molar-refractivity contribution in [1.82, 2.24) is 4.90 Å². The fourth-order valence-electron chi connectivity index (χ4n) is 1.95. The highest BCUT2D eigenvalue weighted by atomic mass is 16.5. The quantitative estimate of drug-likeness (QED) is 0.505. The Balaban J connectivity index is 2.21. The smallest absolute Gasteiger partial charge is 0.163 e. The van der Waals surface area contributed by atoms with Crippen molar-refractivity contribution in [3.63, 3.8) is 0 Å². The molecule has 106 valence electrons. The number of para-hydroxylation sites is 1. The number of carbonyl (C=O) groups excluding carboxylic acids is 1. The molecule has 1 rings (SSSR count). The van der Waals surface area contributed by atoms with Crippen LogP contribution in [0.4, 0.5) is 0 Å². The first-order valence-electron chi connectivity index (χ1n) is 6.98. The molecule has 0 saturated heterocycles. The summed E-state index contributed by atoms with van der Waals surface area (Å²) in [5.74, 6) is 0.768. The molecule has 0 heterocycles. The van der Waals surface area contributed by atoms with Gasteiger partial charge in [0.1, 0.15) is 5.75 Å². The minimum atomic E-state index is 0.0570. The first-order chi connectivity index (χ1) is 9.11. The maximum Gasteiger partial charge on any atom is 0.163 e. The molecular formula is C16H25NO2. The molecule has 1 aromatic rings. The van der Waals surface area contributed by atoms with Crippen molar-refractivity contribution >= 4 is 5.78 Å². The third kappa shape index (κ3) is 6.39. The maximum absolute atomic E-state index is 11.4. The number of carbonyl (C=O) groups is 1. The fraction of sp³-hybridized carbons (Fsp3) is 0.562. The van der Waals surface area contributed by atoms with Crippen molar-refractivity contribution in [3.05, 3.63) is 29.8 Å². The Morgan fingerprint density at radius 3 is 2.47 bits per heavy atom. The second kappa shape index (κ2) is 8.70. The topological polar surface area (TPSA) is 29.5 Å². The van der Waals surface area contributed by atoms with Crippen LogP contribution in [0.5, 0.6) is 5.75 Å². The zero-order valence-electron chi connectivity index (χ0n) is 12.3. The largest absolute Gasteiger partial charge is 0.493 e. The monoisotopic (exact) mass is 263 g/mol. The first kappa shape index (κ1) is 15.7. The number of Topliss-reactive ketones (excluding diaryl/α,β-unsaturated/α-hetero) is 1. The molecular weight excluding hydrogens is 238 g/mol. The summed E-state index contributed by atoms with van der Waals surface area (Å²) in [7, 11) is 4.20. The van der Waals surface area contributed by atoms with E-state index in [1.165, 1.54) is 19.3 Å². The van der Waals surface area contributed by atoms with Crippen LogP contribution in [-0.2, 0) is 0 Å². The number of benzene rings is 1. The Bertz CT molecular complexity index is 388. The van der Waals surface area contributed by atoms with E-state index in [0.717, 1.165) is 13.0 Å². The molecule has 0 aromatic heterocycles. The summed E-state index contributed by atoms with van der Waals surface area (Å²) in [5, 5.41) is 0. The van der Waals surface area contributed by atoms with Crippen LogP contribution in [0, 0.1) is 0 Å². The highest BCUT2D eigenvalue weighted by molar-refractivity contribution is 5.96. The van der Waals surface area contributed by atoms with Crippen LogP contribution < -0.4 is 4.74 Å². The number of nitrogens with zero attached hydrogens (tertiary/aromatic N) is 1. The maximum atomic E-state index is 11.4. The SMILES string of the molecule is CC(=O)c1ccccc1OCCCCCCN(C)C. The van der Waals surface area contributed by atoms with Gasteiger partial charge in [-0.25, -0.2) is 0 Å². The molecule has 19 heavy (non-hydrogen) atoms. The Morgan fingerprint density at radius 2 is 1.79 bits per heavy atom. The molecule has 3 heteroatoms. The number of rotatable bonds is 9. The minimum Gasteiger partial charge on any atom is -0.493 e. The number of ketones is 1. The summed E-state index contributed by atoms with van der Waals surface area (Å²) in [6, 6.07) is 7.45. The van der Waals surface area contributed by atoms with Gasteiger partial charge in [0.25, 0.3) is 0 Å². The van der Waals surface area contributed by atoms with Gasteiger partial charge in [0, 0.05) is 0 Å². The lowest BCUT2D eigenvalue weighted by molar-refractivity contribution is 0.101. The van der Waals surface area contributed by atoms with Crippen molar-refractivity contribution in [1.29, 1.82) is 0 Å². The molecule has 0 saturated carbocycles. The number of hydrogen-bond donors (Lipinski definition) is 0. The predicted octanol–water partition coefficient (Wildman–Crippen LogP) is 3.39. The lowest BCUT2D eigenvalue weighted by atomic mass is 10.1. The van der Waals surface area contributed by atoms with E-state index < -0.39 is 0 Å². The zero-order valence-corrected chi connectivity index (χ0v) is 12.3. The molecule has 0 aliphatic rings. The second-order valence-electron chi connectivity index (χ2n) is 5.12. The van der Waals surface area contributed by atoms with E-state index in [9.17, 15) is 4.79 Å². The first-order valence-corrected chi connectivity index (χ1v) is 6.98. The van der Waals surface area contributed by atoms with Gasteiger partial charge in [-0.1, -0.05) is 25.0 Å². The van der Waals surface area contributed by atoms with Gasteiger partial charge in [-0.05, 0) is 52.5 Å². The van der Waals surface area contributed by atoms with Crippen molar-refractivity contribution in [2.24, 2.45) is 0 Å². The molecule has 0 radical (unpaired) electrons. The number of unbranched alkanes of at least 4 members (excludes halogenated alkanes) is 3. The summed E-state index contributed by atoms with van der Waals surface area (Å²) in [4.78, 5) is 13.6. The van der Waals surface area contributed by atoms with Crippen LogP contribution >= 0.6 is 0 Å². The Morgan fingerprint density at radius 1 is 1.11 bits per heavy atom. The fourth-order valence-corrected chi connectivity index (χ4v) is 1.95. The second-order valence-corrected chi connectivity index (χ2v) is 5.12. The van der Waals surface area contributed by atoms with Crippen molar-refractivity contribution in [3.8, 4) is 5.75 Å². The number of ether oxygens (including phenoxy) is 1. The molecule has 0 spiro atoms. The Hall–Kier alpha value is -1.35. The van der Waals surface area contributed by atoms with Crippen molar-refractivity contribution < 1.29 is 9.53 Å². The molecule has 0 amide bonds. The van der Waals surface area contributed by atoms with Crippen LogP contribution in [0.3, 0.4) is 0 Å². The molecule has 0 bridgehead atoms. The predicted molar refractivity (Wildman–Crippen MR) is 79.0 cm³/mol.